The fourth-order valence-corrected chi connectivity index (χ4v) is 1.24. The van der Waals surface area contributed by atoms with Gasteiger partial charge in [-0.05, 0) is 12.1 Å². The lowest BCUT2D eigenvalue weighted by Gasteiger charge is -2.15. The number of aliphatic hydroxyl groups is 1. The molecule has 8 heteroatoms. The number of hydrogen-bond acceptors (Lipinski definition) is 4. The largest absolute Gasteiger partial charge is 0.465 e. The van der Waals surface area contributed by atoms with Crippen molar-refractivity contribution in [1.82, 2.24) is 4.57 Å². The molecule has 1 N–H and O–H groups in total. The second-order valence-corrected chi connectivity index (χ2v) is 3.43. The Labute approximate surface area is 99.4 Å². The van der Waals surface area contributed by atoms with Crippen LogP contribution in [0, 0.1) is 0 Å². The molecule has 0 saturated heterocycles. The predicted molar refractivity (Wildman–Crippen MR) is 54.1 cm³/mol. The highest BCUT2D eigenvalue weighted by Gasteiger charge is 2.38. The van der Waals surface area contributed by atoms with Gasteiger partial charge in [0.15, 0.2) is 6.10 Å². The van der Waals surface area contributed by atoms with Crippen molar-refractivity contribution in [2.45, 2.75) is 18.8 Å². The number of halogens is 3. The normalized spacial score (nSPS) is 13.2. The van der Waals surface area contributed by atoms with Gasteiger partial charge in [-0.3, -0.25) is 4.79 Å². The van der Waals surface area contributed by atoms with E-state index in [1.807, 2.05) is 0 Å². The fourth-order valence-electron chi connectivity index (χ4n) is 1.24. The maximum atomic E-state index is 12.1. The van der Waals surface area contributed by atoms with Gasteiger partial charge in [0.05, 0.1) is 13.7 Å². The van der Waals surface area contributed by atoms with E-state index in [-0.39, 0.29) is 0 Å². The Hall–Kier alpha value is -1.83. The van der Waals surface area contributed by atoms with Crippen LogP contribution in [0.2, 0.25) is 0 Å². The van der Waals surface area contributed by atoms with Gasteiger partial charge in [-0.1, -0.05) is 0 Å². The Bertz CT molecular complexity index is 495. The number of carbonyl (C=O) groups excluding carboxylic acids is 1. The van der Waals surface area contributed by atoms with Crippen LogP contribution in [0.5, 0.6) is 0 Å². The second kappa shape index (κ2) is 5.21. The lowest BCUT2D eigenvalue weighted by Crippen LogP contribution is -2.37. The molecule has 1 atom stereocenters. The molecule has 18 heavy (non-hydrogen) atoms. The number of nitrogens with zero attached hydrogens (tertiary/aromatic N) is 1. The first kappa shape index (κ1) is 14.2. The zero-order valence-electron chi connectivity index (χ0n) is 9.27. The summed E-state index contributed by atoms with van der Waals surface area (Å²) in [5.74, 6) is -0.948. The molecule has 100 valence electrons. The van der Waals surface area contributed by atoms with E-state index < -0.39 is 35.9 Å². The van der Waals surface area contributed by atoms with E-state index in [0.29, 0.717) is 4.57 Å². The van der Waals surface area contributed by atoms with Crippen molar-refractivity contribution in [2.75, 3.05) is 7.11 Å². The van der Waals surface area contributed by atoms with Crippen molar-refractivity contribution >= 4 is 5.97 Å². The quantitative estimate of drug-likeness (QED) is 0.811. The minimum absolute atomic E-state index is 0.394. The molecule has 0 fully saturated rings. The van der Waals surface area contributed by atoms with Crippen LogP contribution in [0.3, 0.4) is 0 Å². The van der Waals surface area contributed by atoms with Gasteiger partial charge in [-0.2, -0.15) is 13.2 Å². The third kappa shape index (κ3) is 3.10. The van der Waals surface area contributed by atoms with Crippen molar-refractivity contribution in [3.05, 3.63) is 34.2 Å². The number of aliphatic hydroxyl groups excluding tert-OH is 1. The molecule has 0 aromatic carbocycles. The average molecular weight is 265 g/mol. The van der Waals surface area contributed by atoms with Crippen molar-refractivity contribution in [2.24, 2.45) is 0 Å². The fraction of sp³-hybridized carbons (Fsp3) is 0.400. The maximum Gasteiger partial charge on any atom is 0.416 e. The molecule has 1 heterocycles. The highest BCUT2D eigenvalue weighted by atomic mass is 19.4. The molecule has 0 amide bonds. The Balaban J connectivity index is 3.06. The minimum atomic E-state index is -4.83. The van der Waals surface area contributed by atoms with E-state index in [4.69, 9.17) is 5.11 Å². The molecule has 1 unspecified atom stereocenters. The summed E-state index contributed by atoms with van der Waals surface area (Å²) in [6.07, 6.45) is -6.46. The van der Waals surface area contributed by atoms with Crippen LogP contribution in [0.4, 0.5) is 13.2 Å². The van der Waals surface area contributed by atoms with Crippen molar-refractivity contribution in [3.63, 3.8) is 0 Å². The third-order valence-corrected chi connectivity index (χ3v) is 2.17. The zero-order valence-corrected chi connectivity index (χ0v) is 9.27. The number of carbonyl (C=O) groups is 1. The summed E-state index contributed by atoms with van der Waals surface area (Å²) in [7, 11) is 1.05. The van der Waals surface area contributed by atoms with Crippen LogP contribution in [0.1, 0.15) is 10.4 Å². The van der Waals surface area contributed by atoms with Crippen LogP contribution < -0.4 is 5.56 Å². The third-order valence-electron chi connectivity index (χ3n) is 2.17. The monoisotopic (exact) mass is 265 g/mol. The van der Waals surface area contributed by atoms with E-state index in [2.05, 4.69) is 4.74 Å². The zero-order chi connectivity index (χ0) is 13.9. The number of esters is 1. The Morgan fingerprint density at radius 3 is 2.67 bits per heavy atom. The summed E-state index contributed by atoms with van der Waals surface area (Å²) in [4.78, 5) is 22.8. The Morgan fingerprint density at radius 1 is 1.56 bits per heavy atom. The van der Waals surface area contributed by atoms with Crippen LogP contribution in [0.25, 0.3) is 0 Å². The van der Waals surface area contributed by atoms with Crippen LogP contribution >= 0.6 is 0 Å². The molecule has 0 spiro atoms. The van der Waals surface area contributed by atoms with Crippen molar-refractivity contribution in [1.29, 1.82) is 0 Å². The molecule has 0 radical (unpaired) electrons. The van der Waals surface area contributed by atoms with Gasteiger partial charge in [0.25, 0.3) is 5.56 Å². The highest BCUT2D eigenvalue weighted by molar-refractivity contribution is 5.88. The molecule has 1 aromatic heterocycles. The summed E-state index contributed by atoms with van der Waals surface area (Å²) >= 11 is 0. The van der Waals surface area contributed by atoms with E-state index in [1.165, 1.54) is 6.07 Å². The second-order valence-electron chi connectivity index (χ2n) is 3.43. The molecule has 0 aliphatic carbocycles. The van der Waals surface area contributed by atoms with E-state index >= 15 is 0 Å². The molecule has 0 aliphatic heterocycles. The summed E-state index contributed by atoms with van der Waals surface area (Å²) in [5, 5.41) is 8.85. The number of ether oxygens (including phenoxy) is 1. The van der Waals surface area contributed by atoms with Crippen LogP contribution in [-0.4, -0.2) is 35.0 Å². The summed E-state index contributed by atoms with van der Waals surface area (Å²) in [5.41, 5.74) is -1.35. The molecule has 5 nitrogen and oxygen atoms in total. The van der Waals surface area contributed by atoms with Gasteiger partial charge in [0, 0.05) is 6.20 Å². The van der Waals surface area contributed by atoms with Crippen LogP contribution in [0.15, 0.2) is 23.1 Å². The molecule has 0 aliphatic rings. The molecule has 1 rings (SSSR count). The first-order chi connectivity index (χ1) is 8.27. The number of alkyl halides is 3. The van der Waals surface area contributed by atoms with Crippen LogP contribution in [-0.2, 0) is 11.3 Å². The first-order valence-corrected chi connectivity index (χ1v) is 4.80. The minimum Gasteiger partial charge on any atom is -0.465 e. The van der Waals surface area contributed by atoms with Gasteiger partial charge >= 0.3 is 12.1 Å². The standard InChI is InChI=1S/C10H10F3NO4/c1-18-9(17)6-3-2-4-14(8(6)16)5-7(15)10(11,12)13/h2-4,7,15H,5H2,1H3. The Kier molecular flexibility index (Phi) is 4.12. The predicted octanol–water partition coefficient (Wildman–Crippen LogP) is 0.558. The molecule has 0 saturated carbocycles. The van der Waals surface area contributed by atoms with Crippen molar-refractivity contribution in [3.8, 4) is 0 Å². The van der Waals surface area contributed by atoms with E-state index in [1.54, 1.807) is 0 Å². The maximum absolute atomic E-state index is 12.1. The number of methoxy groups -OCH3 is 1. The topological polar surface area (TPSA) is 68.5 Å². The molecular formula is C10H10F3NO4. The lowest BCUT2D eigenvalue weighted by atomic mass is 10.2. The Morgan fingerprint density at radius 2 is 2.17 bits per heavy atom. The van der Waals surface area contributed by atoms with Gasteiger partial charge in [-0.15, -0.1) is 0 Å². The SMILES string of the molecule is COC(=O)c1cccn(CC(O)C(F)(F)F)c1=O. The van der Waals surface area contributed by atoms with Gasteiger partial charge in [0.2, 0.25) is 0 Å². The number of pyridine rings is 1. The molecule has 1 aromatic rings. The number of aromatic nitrogens is 1. The van der Waals surface area contributed by atoms with E-state index in [0.717, 1.165) is 19.4 Å². The highest BCUT2D eigenvalue weighted by Crippen LogP contribution is 2.20. The smallest absolute Gasteiger partial charge is 0.416 e. The average Bonchev–Trinajstić information content (AvgIpc) is 2.29. The lowest BCUT2D eigenvalue weighted by molar-refractivity contribution is -0.207. The van der Waals surface area contributed by atoms with E-state index in [9.17, 15) is 22.8 Å². The van der Waals surface area contributed by atoms with Gasteiger partial charge in [-0.25, -0.2) is 4.79 Å². The first-order valence-electron chi connectivity index (χ1n) is 4.80. The van der Waals surface area contributed by atoms with Crippen molar-refractivity contribution < 1.29 is 27.8 Å². The summed E-state index contributed by atoms with van der Waals surface area (Å²) < 4.78 is 41.3. The number of hydrogen-bond donors (Lipinski definition) is 1. The van der Waals surface area contributed by atoms with Gasteiger partial charge in [0.1, 0.15) is 5.56 Å². The molecular weight excluding hydrogens is 255 g/mol. The summed E-state index contributed by atoms with van der Waals surface area (Å²) in [6, 6.07) is 2.35. The number of rotatable bonds is 3. The summed E-state index contributed by atoms with van der Waals surface area (Å²) in [6.45, 7) is -0.979. The molecule has 0 bridgehead atoms. The van der Waals surface area contributed by atoms with Gasteiger partial charge < -0.3 is 14.4 Å².